The first-order valence-electron chi connectivity index (χ1n) is 7.62. The number of nitrogens with zero attached hydrogens (tertiary/aromatic N) is 1. The lowest BCUT2D eigenvalue weighted by molar-refractivity contribution is 0.102. The average molecular weight is 354 g/mol. The number of nitrogen functional groups attached to an aromatic ring is 1. The molecular formula is C18H15FN4O3. The van der Waals surface area contributed by atoms with Crippen LogP contribution in [0.1, 0.15) is 16.1 Å². The monoisotopic (exact) mass is 354 g/mol. The second kappa shape index (κ2) is 7.06. The number of anilines is 2. The lowest BCUT2D eigenvalue weighted by Crippen LogP contribution is -2.23. The Bertz CT molecular complexity index is 1030. The number of ether oxygens (including phenoxy) is 1. The molecule has 2 heterocycles. The van der Waals surface area contributed by atoms with Crippen LogP contribution in [0.2, 0.25) is 0 Å². The highest BCUT2D eigenvalue weighted by Gasteiger charge is 2.13. The highest BCUT2D eigenvalue weighted by atomic mass is 19.1. The lowest BCUT2D eigenvalue weighted by atomic mass is 10.2. The second-order valence-corrected chi connectivity index (χ2v) is 5.50. The van der Waals surface area contributed by atoms with Gasteiger partial charge in [-0.1, -0.05) is 0 Å². The molecule has 4 N–H and O–H groups in total. The van der Waals surface area contributed by atoms with Crippen molar-refractivity contribution in [2.24, 2.45) is 0 Å². The zero-order valence-corrected chi connectivity index (χ0v) is 13.7. The van der Waals surface area contributed by atoms with Crippen LogP contribution in [-0.4, -0.2) is 15.9 Å². The number of amides is 1. The van der Waals surface area contributed by atoms with Crippen molar-refractivity contribution in [2.75, 3.05) is 11.1 Å². The van der Waals surface area contributed by atoms with Crippen molar-refractivity contribution in [1.29, 1.82) is 0 Å². The summed E-state index contributed by atoms with van der Waals surface area (Å²) in [4.78, 5) is 30.3. The van der Waals surface area contributed by atoms with Gasteiger partial charge in [-0.05, 0) is 37.3 Å². The van der Waals surface area contributed by atoms with E-state index >= 15 is 0 Å². The Balaban J connectivity index is 1.77. The van der Waals surface area contributed by atoms with Crippen LogP contribution in [-0.2, 0) is 0 Å². The minimum atomic E-state index is -0.684. The van der Waals surface area contributed by atoms with Gasteiger partial charge in [0.15, 0.2) is 11.6 Å². The van der Waals surface area contributed by atoms with Gasteiger partial charge in [-0.3, -0.25) is 9.59 Å². The zero-order valence-electron chi connectivity index (χ0n) is 13.7. The molecular weight excluding hydrogens is 339 g/mol. The van der Waals surface area contributed by atoms with Gasteiger partial charge in [0, 0.05) is 29.7 Å². The van der Waals surface area contributed by atoms with Crippen molar-refractivity contribution < 1.29 is 13.9 Å². The third-order valence-electron chi connectivity index (χ3n) is 3.47. The highest BCUT2D eigenvalue weighted by Crippen LogP contribution is 2.27. The van der Waals surface area contributed by atoms with Gasteiger partial charge in [0.2, 0.25) is 0 Å². The molecule has 0 radical (unpaired) electrons. The molecule has 0 unspecified atom stereocenters. The molecule has 0 aliphatic heterocycles. The van der Waals surface area contributed by atoms with E-state index in [1.165, 1.54) is 36.5 Å². The molecule has 0 fully saturated rings. The Labute approximate surface area is 147 Å². The Morgan fingerprint density at radius 1 is 1.23 bits per heavy atom. The minimum Gasteiger partial charge on any atom is -0.454 e. The van der Waals surface area contributed by atoms with Crippen molar-refractivity contribution in [3.05, 3.63) is 76.1 Å². The van der Waals surface area contributed by atoms with Crippen LogP contribution < -0.4 is 21.3 Å². The first-order valence-corrected chi connectivity index (χ1v) is 7.62. The third-order valence-corrected chi connectivity index (χ3v) is 3.47. The molecule has 2 aromatic heterocycles. The topological polar surface area (TPSA) is 110 Å². The van der Waals surface area contributed by atoms with Crippen LogP contribution in [0.15, 0.2) is 53.5 Å². The Morgan fingerprint density at radius 2 is 2.04 bits per heavy atom. The second-order valence-electron chi connectivity index (χ2n) is 5.50. The maximum atomic E-state index is 14.2. The number of pyridine rings is 2. The molecule has 8 heteroatoms. The van der Waals surface area contributed by atoms with Crippen LogP contribution >= 0.6 is 0 Å². The van der Waals surface area contributed by atoms with Gasteiger partial charge in [0.05, 0.1) is 0 Å². The maximum absolute atomic E-state index is 14.2. The van der Waals surface area contributed by atoms with Crippen LogP contribution in [0.3, 0.4) is 0 Å². The smallest absolute Gasteiger partial charge is 0.261 e. The fourth-order valence-electron chi connectivity index (χ4n) is 2.23. The van der Waals surface area contributed by atoms with Gasteiger partial charge in [-0.2, -0.15) is 0 Å². The molecule has 26 heavy (non-hydrogen) atoms. The van der Waals surface area contributed by atoms with E-state index in [2.05, 4.69) is 15.3 Å². The number of aromatic amines is 1. The zero-order chi connectivity index (χ0) is 18.7. The Hall–Kier alpha value is -3.68. The van der Waals surface area contributed by atoms with Crippen LogP contribution in [0, 0.1) is 12.7 Å². The lowest BCUT2D eigenvalue weighted by Gasteiger charge is -2.09. The normalized spacial score (nSPS) is 10.4. The predicted molar refractivity (Wildman–Crippen MR) is 94.9 cm³/mol. The summed E-state index contributed by atoms with van der Waals surface area (Å²) < 4.78 is 19.6. The SMILES string of the molecule is Cc1ccc(C(=O)Nc2ccc(Oc3ccnc(N)c3)c(F)c2)c(=O)[nH]1. The summed E-state index contributed by atoms with van der Waals surface area (Å²) in [6.45, 7) is 1.70. The van der Waals surface area contributed by atoms with E-state index in [0.717, 1.165) is 6.07 Å². The quantitative estimate of drug-likeness (QED) is 0.667. The van der Waals surface area contributed by atoms with Gasteiger partial charge in [0.1, 0.15) is 17.1 Å². The summed E-state index contributed by atoms with van der Waals surface area (Å²) >= 11 is 0. The number of nitrogens with two attached hydrogens (primary N) is 1. The summed E-state index contributed by atoms with van der Waals surface area (Å²) in [7, 11) is 0. The van der Waals surface area contributed by atoms with Gasteiger partial charge >= 0.3 is 0 Å². The third kappa shape index (κ3) is 3.86. The predicted octanol–water partition coefficient (Wildman–Crippen LogP) is 2.84. The molecule has 7 nitrogen and oxygen atoms in total. The van der Waals surface area contributed by atoms with Crippen LogP contribution in [0.4, 0.5) is 15.9 Å². The number of nitrogens with one attached hydrogen (secondary N) is 2. The van der Waals surface area contributed by atoms with E-state index < -0.39 is 17.3 Å². The molecule has 0 aliphatic carbocycles. The first-order chi connectivity index (χ1) is 12.4. The summed E-state index contributed by atoms with van der Waals surface area (Å²) in [5.74, 6) is -0.784. The molecule has 0 saturated carbocycles. The fraction of sp³-hybridized carbons (Fsp3) is 0.0556. The summed E-state index contributed by atoms with van der Waals surface area (Å²) in [6, 6.07) is 9.93. The van der Waals surface area contributed by atoms with Crippen molar-refractivity contribution in [1.82, 2.24) is 9.97 Å². The van der Waals surface area contributed by atoms with E-state index in [-0.39, 0.29) is 22.8 Å². The van der Waals surface area contributed by atoms with Gasteiger partial charge in [0.25, 0.3) is 11.5 Å². The van der Waals surface area contributed by atoms with E-state index in [1.807, 2.05) is 0 Å². The van der Waals surface area contributed by atoms with Crippen LogP contribution in [0.5, 0.6) is 11.5 Å². The van der Waals surface area contributed by atoms with E-state index in [4.69, 9.17) is 10.5 Å². The standard InChI is InChI=1S/C18H15FN4O3/c1-10-2-4-13(17(24)22-10)18(25)23-11-3-5-15(14(19)8-11)26-12-6-7-21-16(20)9-12/h2-9H,1H3,(H2,20,21)(H,22,24)(H,23,25). The number of H-pyrrole nitrogens is 1. The highest BCUT2D eigenvalue weighted by molar-refractivity contribution is 6.04. The molecule has 0 saturated heterocycles. The molecule has 3 aromatic rings. The molecule has 0 spiro atoms. The Morgan fingerprint density at radius 3 is 2.73 bits per heavy atom. The van der Waals surface area contributed by atoms with Gasteiger partial charge in [-0.15, -0.1) is 0 Å². The maximum Gasteiger partial charge on any atom is 0.261 e. The number of hydrogen-bond donors (Lipinski definition) is 3. The first kappa shape index (κ1) is 17.2. The van der Waals surface area contributed by atoms with Gasteiger partial charge in [-0.25, -0.2) is 9.37 Å². The molecule has 0 aliphatic rings. The molecule has 0 atom stereocenters. The Kier molecular flexibility index (Phi) is 4.66. The molecule has 0 bridgehead atoms. The average Bonchev–Trinajstić information content (AvgIpc) is 2.57. The summed E-state index contributed by atoms with van der Waals surface area (Å²) in [6.07, 6.45) is 1.44. The minimum absolute atomic E-state index is 0.0400. The van der Waals surface area contributed by atoms with E-state index in [0.29, 0.717) is 11.4 Å². The largest absolute Gasteiger partial charge is 0.454 e. The van der Waals surface area contributed by atoms with Gasteiger partial charge < -0.3 is 20.8 Å². The number of aromatic nitrogens is 2. The number of hydrogen-bond acceptors (Lipinski definition) is 5. The molecule has 1 amide bonds. The fourth-order valence-corrected chi connectivity index (χ4v) is 2.23. The van der Waals surface area contributed by atoms with Crippen molar-refractivity contribution in [2.45, 2.75) is 6.92 Å². The summed E-state index contributed by atoms with van der Waals surface area (Å²) in [5.41, 5.74) is 5.79. The number of halogens is 1. The van der Waals surface area contributed by atoms with Crippen molar-refractivity contribution in [3.8, 4) is 11.5 Å². The number of aryl methyl sites for hydroxylation is 1. The number of carbonyl (C=O) groups is 1. The van der Waals surface area contributed by atoms with E-state index in [1.54, 1.807) is 13.0 Å². The van der Waals surface area contributed by atoms with E-state index in [9.17, 15) is 14.0 Å². The van der Waals surface area contributed by atoms with Crippen LogP contribution in [0.25, 0.3) is 0 Å². The number of benzene rings is 1. The molecule has 132 valence electrons. The molecule has 3 rings (SSSR count). The summed E-state index contributed by atoms with van der Waals surface area (Å²) in [5, 5.41) is 2.48. The van der Waals surface area contributed by atoms with Crippen molar-refractivity contribution >= 4 is 17.4 Å². The van der Waals surface area contributed by atoms with Crippen molar-refractivity contribution in [3.63, 3.8) is 0 Å². The number of rotatable bonds is 4. The molecule has 1 aromatic carbocycles. The number of carbonyl (C=O) groups excluding carboxylic acids is 1.